The van der Waals surface area contributed by atoms with Crippen LogP contribution in [0.2, 0.25) is 0 Å². The van der Waals surface area contributed by atoms with Crippen molar-refractivity contribution in [1.82, 2.24) is 4.57 Å². The fourth-order valence-corrected chi connectivity index (χ4v) is 3.00. The quantitative estimate of drug-likeness (QED) is 0.361. The Hall–Kier alpha value is -3.16. The molecule has 0 aliphatic rings. The van der Waals surface area contributed by atoms with Crippen LogP contribution in [0.1, 0.15) is 67.4 Å². The number of methoxy groups -OCH3 is 1. The third-order valence-electron chi connectivity index (χ3n) is 4.57. The Morgan fingerprint density at radius 1 is 0.903 bits per heavy atom. The molecule has 2 rings (SSSR count). The number of unbranched alkanes of at least 4 members (excludes halogenated alkanes) is 2. The number of hydrogen-bond acceptors (Lipinski definition) is 6. The van der Waals surface area contributed by atoms with Gasteiger partial charge in [0.25, 0.3) is 0 Å². The second-order valence-corrected chi connectivity index (χ2v) is 6.82. The Labute approximate surface area is 182 Å². The Bertz CT molecular complexity index is 871. The number of aromatic nitrogens is 1. The van der Waals surface area contributed by atoms with Gasteiger partial charge in [-0.1, -0.05) is 26.7 Å². The Balaban J connectivity index is 2.76. The minimum Gasteiger partial charge on any atom is -0.497 e. The molecule has 0 amide bonds. The van der Waals surface area contributed by atoms with E-state index >= 15 is 0 Å². The van der Waals surface area contributed by atoms with Crippen LogP contribution in [-0.4, -0.2) is 48.5 Å². The first-order valence-electron chi connectivity index (χ1n) is 10.6. The molecule has 0 radical (unpaired) electrons. The smallest absolute Gasteiger partial charge is 0.359 e. The molecule has 8 heteroatoms. The summed E-state index contributed by atoms with van der Waals surface area (Å²) in [7, 11) is 1.54. The first-order valence-corrected chi connectivity index (χ1v) is 10.6. The molecular weight excluding hydrogens is 402 g/mol. The summed E-state index contributed by atoms with van der Waals surface area (Å²) in [5.74, 6) is -1.19. The van der Waals surface area contributed by atoms with E-state index in [4.69, 9.17) is 18.9 Å². The van der Waals surface area contributed by atoms with Crippen molar-refractivity contribution in [1.29, 1.82) is 0 Å². The van der Waals surface area contributed by atoms with Gasteiger partial charge in [-0.05, 0) is 44.0 Å². The highest BCUT2D eigenvalue weighted by atomic mass is 16.5. The zero-order chi connectivity index (χ0) is 22.8. The van der Waals surface area contributed by atoms with E-state index < -0.39 is 11.9 Å². The molecule has 1 N–H and O–H groups in total. The number of rotatable bonds is 13. The maximum atomic E-state index is 12.9. The van der Waals surface area contributed by atoms with E-state index in [-0.39, 0.29) is 29.5 Å². The van der Waals surface area contributed by atoms with Crippen molar-refractivity contribution in [3.8, 4) is 22.9 Å². The fraction of sp³-hybridized carbons (Fsp3) is 0.478. The van der Waals surface area contributed by atoms with Crippen molar-refractivity contribution in [3.63, 3.8) is 0 Å². The van der Waals surface area contributed by atoms with Crippen LogP contribution in [0, 0.1) is 0 Å². The molecule has 0 fully saturated rings. The van der Waals surface area contributed by atoms with Gasteiger partial charge in [-0.15, -0.1) is 0 Å². The summed E-state index contributed by atoms with van der Waals surface area (Å²) in [4.78, 5) is 25.3. The van der Waals surface area contributed by atoms with E-state index in [1.165, 1.54) is 11.7 Å². The highest BCUT2D eigenvalue weighted by molar-refractivity contribution is 6.00. The normalized spacial score (nSPS) is 10.6. The predicted molar refractivity (Wildman–Crippen MR) is 116 cm³/mol. The van der Waals surface area contributed by atoms with Gasteiger partial charge in [0.1, 0.15) is 5.75 Å². The van der Waals surface area contributed by atoms with Gasteiger partial charge in [0.15, 0.2) is 22.9 Å². The van der Waals surface area contributed by atoms with Crippen molar-refractivity contribution in [2.75, 3.05) is 26.9 Å². The zero-order valence-electron chi connectivity index (χ0n) is 18.6. The van der Waals surface area contributed by atoms with Crippen molar-refractivity contribution in [2.45, 2.75) is 46.5 Å². The van der Waals surface area contributed by atoms with E-state index in [9.17, 15) is 14.7 Å². The van der Waals surface area contributed by atoms with Crippen molar-refractivity contribution in [2.24, 2.45) is 0 Å². The molecule has 1 heterocycles. The summed E-state index contributed by atoms with van der Waals surface area (Å²) in [6.07, 6.45) is 3.23. The zero-order valence-corrected chi connectivity index (χ0v) is 18.6. The van der Waals surface area contributed by atoms with Crippen LogP contribution in [0.15, 0.2) is 24.3 Å². The molecular formula is C23H31NO7. The monoisotopic (exact) mass is 433 g/mol. The number of carbonyl (C=O) groups excluding carboxylic acids is 1. The Morgan fingerprint density at radius 3 is 1.90 bits per heavy atom. The van der Waals surface area contributed by atoms with E-state index in [2.05, 4.69) is 0 Å². The highest BCUT2D eigenvalue weighted by Gasteiger charge is 2.35. The lowest BCUT2D eigenvalue weighted by molar-refractivity contribution is 0.0511. The average Bonchev–Trinajstić information content (AvgIpc) is 3.09. The van der Waals surface area contributed by atoms with Crippen LogP contribution in [0.5, 0.6) is 17.2 Å². The van der Waals surface area contributed by atoms with Gasteiger partial charge in [0, 0.05) is 5.69 Å². The van der Waals surface area contributed by atoms with Crippen molar-refractivity contribution in [3.05, 3.63) is 35.7 Å². The minimum absolute atomic E-state index is 0.00739. The topological polar surface area (TPSA) is 96.2 Å². The van der Waals surface area contributed by atoms with Gasteiger partial charge in [-0.3, -0.25) is 4.57 Å². The predicted octanol–water partition coefficient (Wildman–Crippen LogP) is 4.72. The summed E-state index contributed by atoms with van der Waals surface area (Å²) >= 11 is 0. The highest BCUT2D eigenvalue weighted by Crippen LogP contribution is 2.41. The number of carbonyl (C=O) groups is 2. The van der Waals surface area contributed by atoms with Crippen LogP contribution in [0.25, 0.3) is 5.69 Å². The molecule has 0 saturated heterocycles. The summed E-state index contributed by atoms with van der Waals surface area (Å²) in [6, 6.07) is 6.70. The third kappa shape index (κ3) is 5.71. The van der Waals surface area contributed by atoms with Gasteiger partial charge in [-0.25, -0.2) is 9.59 Å². The molecule has 0 bridgehead atoms. The van der Waals surface area contributed by atoms with Crippen molar-refractivity contribution >= 4 is 11.9 Å². The molecule has 0 spiro atoms. The average molecular weight is 434 g/mol. The molecule has 8 nitrogen and oxygen atoms in total. The first-order chi connectivity index (χ1) is 15.0. The molecule has 0 saturated carbocycles. The third-order valence-corrected chi connectivity index (χ3v) is 4.57. The second kappa shape index (κ2) is 11.9. The van der Waals surface area contributed by atoms with Crippen LogP contribution >= 0.6 is 0 Å². The summed E-state index contributed by atoms with van der Waals surface area (Å²) in [5, 5.41) is 10.1. The molecule has 0 unspecified atom stereocenters. The minimum atomic E-state index is -1.24. The molecule has 1 aromatic carbocycles. The second-order valence-electron chi connectivity index (χ2n) is 6.82. The summed E-state index contributed by atoms with van der Waals surface area (Å²) in [5.41, 5.74) is 0.259. The molecule has 2 aromatic rings. The number of aromatic carboxylic acids is 1. The van der Waals surface area contributed by atoms with Crippen molar-refractivity contribution < 1.29 is 33.6 Å². The number of ether oxygens (including phenoxy) is 4. The van der Waals surface area contributed by atoms with E-state index in [1.54, 1.807) is 31.2 Å². The molecule has 0 aliphatic carbocycles. The molecule has 0 aliphatic heterocycles. The molecule has 1 aromatic heterocycles. The van der Waals surface area contributed by atoms with E-state index in [0.29, 0.717) is 24.7 Å². The Kier molecular flexibility index (Phi) is 9.24. The number of benzene rings is 1. The fourth-order valence-electron chi connectivity index (χ4n) is 3.00. The number of carboxylic acids is 1. The maximum Gasteiger partial charge on any atom is 0.359 e. The maximum absolute atomic E-state index is 12.9. The summed E-state index contributed by atoms with van der Waals surface area (Å²) < 4.78 is 23.5. The lowest BCUT2D eigenvalue weighted by Crippen LogP contribution is -2.16. The van der Waals surface area contributed by atoms with Gasteiger partial charge in [-0.2, -0.15) is 0 Å². The van der Waals surface area contributed by atoms with Crippen LogP contribution < -0.4 is 14.2 Å². The molecule has 0 atom stereocenters. The first kappa shape index (κ1) is 24.1. The van der Waals surface area contributed by atoms with Crippen LogP contribution in [0.3, 0.4) is 0 Å². The van der Waals surface area contributed by atoms with E-state index in [1.807, 2.05) is 13.8 Å². The SMILES string of the molecule is CCCCOc1c(OCCCC)c(C(=O)OCC)n(-c2ccc(OC)cc2)c1C(=O)O. The number of carboxylic acid groups (broad SMARTS) is 1. The largest absolute Gasteiger partial charge is 0.497 e. The standard InChI is InChI=1S/C23H31NO7/c1-5-8-14-30-20-18(22(25)26)24(16-10-12-17(28-4)13-11-16)19(23(27)29-7-3)21(20)31-15-9-6-2/h10-13H,5-9,14-15H2,1-4H3,(H,25,26). The lowest BCUT2D eigenvalue weighted by atomic mass is 10.2. The van der Waals surface area contributed by atoms with Gasteiger partial charge < -0.3 is 24.1 Å². The van der Waals surface area contributed by atoms with Crippen LogP contribution in [0.4, 0.5) is 0 Å². The van der Waals surface area contributed by atoms with Gasteiger partial charge in [0.05, 0.1) is 26.9 Å². The lowest BCUT2D eigenvalue weighted by Gasteiger charge is -2.12. The van der Waals surface area contributed by atoms with Gasteiger partial charge >= 0.3 is 11.9 Å². The molecule has 31 heavy (non-hydrogen) atoms. The van der Waals surface area contributed by atoms with Crippen LogP contribution in [-0.2, 0) is 4.74 Å². The number of hydrogen-bond donors (Lipinski definition) is 1. The number of esters is 1. The number of nitrogens with zero attached hydrogens (tertiary/aromatic N) is 1. The Morgan fingerprint density at radius 2 is 1.45 bits per heavy atom. The van der Waals surface area contributed by atoms with E-state index in [0.717, 1.165) is 25.7 Å². The summed E-state index contributed by atoms with van der Waals surface area (Å²) in [6.45, 7) is 6.46. The molecule has 170 valence electrons. The van der Waals surface area contributed by atoms with Gasteiger partial charge in [0.2, 0.25) is 0 Å².